The first kappa shape index (κ1) is 17.5. The van der Waals surface area contributed by atoms with E-state index in [1.54, 1.807) is 10.7 Å². The van der Waals surface area contributed by atoms with Crippen LogP contribution in [0.2, 0.25) is 0 Å². The van der Waals surface area contributed by atoms with E-state index < -0.39 is 0 Å². The van der Waals surface area contributed by atoms with E-state index in [2.05, 4.69) is 21.6 Å². The van der Waals surface area contributed by atoms with Gasteiger partial charge in [-0.1, -0.05) is 12.1 Å². The maximum atomic E-state index is 13.4. The molecule has 1 aliphatic rings. The average molecular weight is 367 g/mol. The maximum absolute atomic E-state index is 13.4. The number of carbonyl (C=O) groups excluding carboxylic acids is 1. The van der Waals surface area contributed by atoms with Gasteiger partial charge in [0.15, 0.2) is 0 Å². The molecule has 1 atom stereocenters. The van der Waals surface area contributed by atoms with Crippen LogP contribution in [0.5, 0.6) is 0 Å². The largest absolute Gasteiger partial charge is 0.311 e. The number of nitrogens with one attached hydrogen (secondary N) is 1. The van der Waals surface area contributed by atoms with Crippen molar-refractivity contribution in [3.8, 4) is 0 Å². The number of anilines is 1. The summed E-state index contributed by atoms with van der Waals surface area (Å²) in [6.07, 6.45) is 3.08. The minimum absolute atomic E-state index is 0.0122. The van der Waals surface area contributed by atoms with Crippen LogP contribution in [0.25, 0.3) is 0 Å². The maximum Gasteiger partial charge on any atom is 0.226 e. The van der Waals surface area contributed by atoms with Crippen molar-refractivity contribution in [2.24, 2.45) is 0 Å². The fourth-order valence-corrected chi connectivity index (χ4v) is 3.72. The molecule has 0 bridgehead atoms. The van der Waals surface area contributed by atoms with E-state index >= 15 is 0 Å². The summed E-state index contributed by atoms with van der Waals surface area (Å²) in [4.78, 5) is 12.2. The van der Waals surface area contributed by atoms with Crippen LogP contribution in [-0.2, 0) is 17.9 Å². The number of hydrogen-bond donors (Lipinski definition) is 1. The molecule has 27 heavy (non-hydrogen) atoms. The molecule has 1 amide bonds. The Labute approximate surface area is 157 Å². The predicted octanol–water partition coefficient (Wildman–Crippen LogP) is 3.40. The molecule has 0 fully saturated rings. The molecule has 4 rings (SSSR count). The van der Waals surface area contributed by atoms with Crippen LogP contribution in [0.15, 0.2) is 36.5 Å². The van der Waals surface area contributed by atoms with Crippen molar-refractivity contribution < 1.29 is 9.18 Å². The van der Waals surface area contributed by atoms with E-state index in [1.807, 2.05) is 30.8 Å². The predicted molar refractivity (Wildman–Crippen MR) is 100 cm³/mol. The molecule has 2 aromatic heterocycles. The third-order valence-electron chi connectivity index (χ3n) is 5.01. The summed E-state index contributed by atoms with van der Waals surface area (Å²) in [6.45, 7) is 5.19. The monoisotopic (exact) mass is 367 g/mol. The van der Waals surface area contributed by atoms with Gasteiger partial charge in [-0.2, -0.15) is 10.2 Å². The van der Waals surface area contributed by atoms with E-state index in [0.717, 1.165) is 35.5 Å². The Balaban J connectivity index is 1.54. The highest BCUT2D eigenvalue weighted by molar-refractivity contribution is 5.93. The van der Waals surface area contributed by atoms with Crippen LogP contribution >= 0.6 is 0 Å². The molecule has 1 aromatic carbocycles. The van der Waals surface area contributed by atoms with Gasteiger partial charge in [0.2, 0.25) is 5.91 Å². The highest BCUT2D eigenvalue weighted by atomic mass is 19.1. The molecule has 0 unspecified atom stereocenters. The van der Waals surface area contributed by atoms with E-state index in [1.165, 1.54) is 12.1 Å². The lowest BCUT2D eigenvalue weighted by atomic mass is 9.91. The van der Waals surface area contributed by atoms with Crippen molar-refractivity contribution in [2.75, 3.05) is 5.32 Å². The van der Waals surface area contributed by atoms with Gasteiger partial charge >= 0.3 is 0 Å². The van der Waals surface area contributed by atoms with Gasteiger partial charge in [-0.05, 0) is 49.9 Å². The van der Waals surface area contributed by atoms with Gasteiger partial charge in [0.25, 0.3) is 0 Å². The Morgan fingerprint density at radius 2 is 2.11 bits per heavy atom. The van der Waals surface area contributed by atoms with Gasteiger partial charge < -0.3 is 5.32 Å². The minimum Gasteiger partial charge on any atom is -0.311 e. The standard InChI is InChI=1S/C20H22FN5O/c1-13-8-14(2)25(24-13)7-6-16-10-19(27)23-20-18(16)11-22-26(20)12-15-4-3-5-17(21)9-15/h3-5,8-9,11,16H,6-7,10,12H2,1-2H3,(H,23,27)/t16-/m1/s1. The first-order valence-corrected chi connectivity index (χ1v) is 9.10. The fraction of sp³-hybridized carbons (Fsp3) is 0.350. The van der Waals surface area contributed by atoms with Crippen LogP contribution in [-0.4, -0.2) is 25.5 Å². The zero-order valence-electron chi connectivity index (χ0n) is 15.4. The topological polar surface area (TPSA) is 64.7 Å². The Hall–Kier alpha value is -2.96. The van der Waals surface area contributed by atoms with E-state index in [9.17, 15) is 9.18 Å². The highest BCUT2D eigenvalue weighted by Crippen LogP contribution is 2.35. The van der Waals surface area contributed by atoms with Gasteiger partial charge in [-0.25, -0.2) is 9.07 Å². The van der Waals surface area contributed by atoms with E-state index in [4.69, 9.17) is 0 Å². The number of aryl methyl sites for hydroxylation is 3. The Kier molecular flexibility index (Phi) is 4.51. The number of aromatic nitrogens is 4. The average Bonchev–Trinajstić information content (AvgIpc) is 3.15. The molecule has 0 saturated carbocycles. The van der Waals surface area contributed by atoms with Crippen molar-refractivity contribution in [1.29, 1.82) is 0 Å². The molecule has 1 aliphatic heterocycles. The lowest BCUT2D eigenvalue weighted by molar-refractivity contribution is -0.117. The second-order valence-electron chi connectivity index (χ2n) is 7.12. The third kappa shape index (κ3) is 3.63. The highest BCUT2D eigenvalue weighted by Gasteiger charge is 2.28. The zero-order valence-corrected chi connectivity index (χ0v) is 15.4. The van der Waals surface area contributed by atoms with Crippen molar-refractivity contribution in [1.82, 2.24) is 19.6 Å². The molecule has 1 N–H and O–H groups in total. The number of carbonyl (C=O) groups is 1. The summed E-state index contributed by atoms with van der Waals surface area (Å²) in [5.41, 5.74) is 3.96. The molecule has 0 saturated heterocycles. The van der Waals surface area contributed by atoms with E-state index in [-0.39, 0.29) is 17.6 Å². The fourth-order valence-electron chi connectivity index (χ4n) is 3.72. The van der Waals surface area contributed by atoms with Crippen LogP contribution in [0.3, 0.4) is 0 Å². The van der Waals surface area contributed by atoms with Gasteiger partial charge in [-0.15, -0.1) is 0 Å². The smallest absolute Gasteiger partial charge is 0.226 e. The molecular formula is C20H22FN5O. The molecule has 3 heterocycles. The Morgan fingerprint density at radius 1 is 1.26 bits per heavy atom. The number of hydrogen-bond acceptors (Lipinski definition) is 3. The van der Waals surface area contributed by atoms with Crippen molar-refractivity contribution in [3.63, 3.8) is 0 Å². The van der Waals surface area contributed by atoms with Gasteiger partial charge in [-0.3, -0.25) is 9.48 Å². The SMILES string of the molecule is Cc1cc(C)n(CC[C@@H]2CC(=O)Nc3c2cnn3Cc2cccc(F)c2)n1. The first-order valence-electron chi connectivity index (χ1n) is 9.10. The number of halogens is 1. The van der Waals surface area contributed by atoms with Crippen LogP contribution in [0.4, 0.5) is 10.2 Å². The quantitative estimate of drug-likeness (QED) is 0.752. The summed E-state index contributed by atoms with van der Waals surface area (Å²) in [7, 11) is 0. The lowest BCUT2D eigenvalue weighted by Gasteiger charge is -2.23. The number of nitrogens with zero attached hydrogens (tertiary/aromatic N) is 4. The summed E-state index contributed by atoms with van der Waals surface area (Å²) in [5, 5.41) is 11.9. The summed E-state index contributed by atoms with van der Waals surface area (Å²) in [5.74, 6) is 0.523. The summed E-state index contributed by atoms with van der Waals surface area (Å²) in [6, 6.07) is 8.48. The molecular weight excluding hydrogens is 345 g/mol. The van der Waals surface area contributed by atoms with Gasteiger partial charge in [0, 0.05) is 24.2 Å². The van der Waals surface area contributed by atoms with Crippen molar-refractivity contribution in [2.45, 2.75) is 45.7 Å². The number of rotatable bonds is 5. The van der Waals surface area contributed by atoms with Gasteiger partial charge in [0.05, 0.1) is 18.4 Å². The minimum atomic E-state index is -0.277. The number of fused-ring (bicyclic) bond motifs is 1. The normalized spacial score (nSPS) is 16.3. The number of benzene rings is 1. The lowest BCUT2D eigenvalue weighted by Crippen LogP contribution is -2.25. The molecule has 0 aliphatic carbocycles. The van der Waals surface area contributed by atoms with Crippen LogP contribution in [0, 0.1) is 19.7 Å². The second kappa shape index (κ2) is 6.98. The van der Waals surface area contributed by atoms with Crippen molar-refractivity contribution >= 4 is 11.7 Å². The third-order valence-corrected chi connectivity index (χ3v) is 5.01. The van der Waals surface area contributed by atoms with Crippen LogP contribution in [0.1, 0.15) is 41.3 Å². The Morgan fingerprint density at radius 3 is 2.85 bits per heavy atom. The molecule has 0 radical (unpaired) electrons. The van der Waals surface area contributed by atoms with Gasteiger partial charge in [0.1, 0.15) is 11.6 Å². The molecule has 140 valence electrons. The molecule has 3 aromatic rings. The molecule has 0 spiro atoms. The second-order valence-corrected chi connectivity index (χ2v) is 7.12. The summed E-state index contributed by atoms with van der Waals surface area (Å²) >= 11 is 0. The molecule has 6 nitrogen and oxygen atoms in total. The summed E-state index contributed by atoms with van der Waals surface area (Å²) < 4.78 is 17.2. The Bertz CT molecular complexity index is 990. The van der Waals surface area contributed by atoms with Crippen molar-refractivity contribution in [3.05, 3.63) is 64.9 Å². The van der Waals surface area contributed by atoms with E-state index in [0.29, 0.717) is 18.8 Å². The number of amides is 1. The van der Waals surface area contributed by atoms with Crippen LogP contribution < -0.4 is 5.32 Å². The zero-order chi connectivity index (χ0) is 19.0. The first-order chi connectivity index (χ1) is 13.0. The molecule has 7 heteroatoms.